The first kappa shape index (κ1) is 4.01. The van der Waals surface area contributed by atoms with Gasteiger partial charge >= 0.3 is 0 Å². The number of aliphatic hydroxyl groups is 2. The molecule has 0 bridgehead atoms. The maximum absolute atomic E-state index is 9.43. The van der Waals surface area contributed by atoms with Gasteiger partial charge in [-0.25, -0.2) is 0 Å². The molecule has 0 aliphatic carbocycles. The molecule has 0 unspecified atom stereocenters. The van der Waals surface area contributed by atoms with Gasteiger partial charge in [0.2, 0.25) is 0 Å². The molecular formula is C6H12O4. The van der Waals surface area contributed by atoms with E-state index in [0.717, 1.165) is 7.11 Å². The highest BCUT2D eigenvalue weighted by Gasteiger charge is 2.27. The fraction of sp³-hybridized carbons (Fsp3) is 1.00. The minimum Gasteiger partial charge on any atom is -0.390 e. The van der Waals surface area contributed by atoms with Crippen LogP contribution >= 0.6 is 0 Å². The van der Waals surface area contributed by atoms with Crippen molar-refractivity contribution in [3.63, 3.8) is 0 Å². The molecule has 0 amide bonds. The van der Waals surface area contributed by atoms with E-state index in [1.165, 1.54) is 0 Å². The van der Waals surface area contributed by atoms with E-state index in [0.29, 0.717) is 0 Å². The molecule has 0 saturated carbocycles. The van der Waals surface area contributed by atoms with Crippen LogP contribution in [0.15, 0.2) is 0 Å². The fourth-order valence-electron chi connectivity index (χ4n) is 0.587. The number of ether oxygens (including phenoxy) is 2. The van der Waals surface area contributed by atoms with Crippen LogP contribution < -0.4 is 0 Å². The summed E-state index contributed by atoms with van der Waals surface area (Å²) in [5.74, 6) is 0. The Morgan fingerprint density at radius 1 is 1.70 bits per heavy atom. The van der Waals surface area contributed by atoms with Crippen LogP contribution in [-0.2, 0) is 9.47 Å². The average Bonchev–Trinajstić information content (AvgIpc) is 2.02. The van der Waals surface area contributed by atoms with Crippen LogP contribution in [0.3, 0.4) is 0 Å². The summed E-state index contributed by atoms with van der Waals surface area (Å²) < 4.78 is 38.3. The highest BCUT2D eigenvalue weighted by atomic mass is 16.7. The summed E-state index contributed by atoms with van der Waals surface area (Å²) in [5, 5.41) is 18.7. The van der Waals surface area contributed by atoms with Gasteiger partial charge in [0.1, 0.15) is 6.08 Å². The van der Waals surface area contributed by atoms with Gasteiger partial charge in [-0.3, -0.25) is 0 Å². The van der Waals surface area contributed by atoms with Gasteiger partial charge in [-0.15, -0.1) is 0 Å². The number of hydrogen-bond donors (Lipinski definition) is 2. The van der Waals surface area contributed by atoms with Crippen LogP contribution in [0, 0.1) is 0 Å². The number of methoxy groups -OCH3 is 1. The minimum atomic E-state index is -3.00. The molecule has 1 heterocycles. The second-order valence-corrected chi connectivity index (χ2v) is 1.82. The summed E-state index contributed by atoms with van der Waals surface area (Å²) >= 11 is 0. The van der Waals surface area contributed by atoms with E-state index in [-0.39, 0.29) is 0 Å². The molecule has 4 heteroatoms. The molecule has 1 fully saturated rings. The lowest BCUT2D eigenvalue weighted by Gasteiger charge is -2.29. The molecule has 60 valence electrons. The summed E-state index contributed by atoms with van der Waals surface area (Å²) in [6.07, 6.45) is -9.88. The smallest absolute Gasteiger partial charge is 0.159 e. The summed E-state index contributed by atoms with van der Waals surface area (Å²) in [5.41, 5.74) is 0. The van der Waals surface area contributed by atoms with E-state index in [2.05, 4.69) is 9.47 Å². The molecule has 1 aliphatic heterocycles. The Balaban J connectivity index is 3.06. The predicted molar refractivity (Wildman–Crippen MR) is 33.4 cm³/mol. The molecule has 4 nitrogen and oxygen atoms in total. The van der Waals surface area contributed by atoms with Gasteiger partial charge in [0.05, 0.1) is 15.4 Å². The Morgan fingerprint density at radius 3 is 3.00 bits per heavy atom. The van der Waals surface area contributed by atoms with E-state index in [1.807, 2.05) is 0 Å². The van der Waals surface area contributed by atoms with Gasteiger partial charge in [-0.2, -0.15) is 0 Å². The third-order valence-corrected chi connectivity index (χ3v) is 1.11. The molecule has 1 aliphatic rings. The molecule has 3 atom stereocenters. The third kappa shape index (κ3) is 1.67. The van der Waals surface area contributed by atoms with Gasteiger partial charge in [-0.1, -0.05) is 0 Å². The summed E-state index contributed by atoms with van der Waals surface area (Å²) in [6.45, 7) is -0.689. The molecule has 1 rings (SSSR count). The van der Waals surface area contributed by atoms with E-state index >= 15 is 0 Å². The van der Waals surface area contributed by atoms with Gasteiger partial charge < -0.3 is 19.7 Å². The van der Waals surface area contributed by atoms with Crippen molar-refractivity contribution >= 4 is 0 Å². The molecule has 2 N–H and O–H groups in total. The van der Waals surface area contributed by atoms with Crippen molar-refractivity contribution in [3.8, 4) is 0 Å². The van der Waals surface area contributed by atoms with Crippen molar-refractivity contribution in [1.82, 2.24) is 0 Å². The average molecular weight is 152 g/mol. The molecule has 0 radical (unpaired) electrons. The largest absolute Gasteiger partial charge is 0.390 e. The lowest BCUT2D eigenvalue weighted by atomic mass is 10.1. The summed E-state index contributed by atoms with van der Waals surface area (Å²) in [4.78, 5) is 0. The topological polar surface area (TPSA) is 58.9 Å². The van der Waals surface area contributed by atoms with Gasteiger partial charge in [0.25, 0.3) is 0 Å². The van der Waals surface area contributed by atoms with Crippen LogP contribution in [0.1, 0.15) is 11.9 Å². The molecule has 0 spiro atoms. The summed E-state index contributed by atoms with van der Waals surface area (Å²) in [7, 11) is 1.15. The SMILES string of the molecule is [2H]C1([2H])[C@@H](OC)OC[C@@]([2H])(O)[C@@]1([2H])O. The lowest BCUT2D eigenvalue weighted by Crippen LogP contribution is -2.41. The van der Waals surface area contributed by atoms with Crippen molar-refractivity contribution in [2.24, 2.45) is 0 Å². The molecular weight excluding hydrogens is 136 g/mol. The Bertz CT molecular complexity index is 230. The van der Waals surface area contributed by atoms with Crippen molar-refractivity contribution in [2.45, 2.75) is 24.8 Å². The van der Waals surface area contributed by atoms with Crippen LogP contribution in [-0.4, -0.2) is 42.4 Å². The van der Waals surface area contributed by atoms with Crippen molar-refractivity contribution < 1.29 is 25.2 Å². The van der Waals surface area contributed by atoms with Crippen LogP contribution in [0.25, 0.3) is 0 Å². The molecule has 1 saturated heterocycles. The van der Waals surface area contributed by atoms with Gasteiger partial charge in [0.15, 0.2) is 6.29 Å². The molecule has 10 heavy (non-hydrogen) atoms. The maximum atomic E-state index is 9.43. The highest BCUT2D eigenvalue weighted by Crippen LogP contribution is 2.14. The molecule has 0 aromatic carbocycles. The monoisotopic (exact) mass is 152 g/mol. The summed E-state index contributed by atoms with van der Waals surface area (Å²) in [6, 6.07) is 0. The van der Waals surface area contributed by atoms with Crippen molar-refractivity contribution in [2.75, 3.05) is 13.7 Å². The second kappa shape index (κ2) is 3.30. The quantitative estimate of drug-likeness (QED) is 0.511. The zero-order valence-electron chi connectivity index (χ0n) is 9.50. The second-order valence-electron chi connectivity index (χ2n) is 1.82. The first-order valence-corrected chi connectivity index (χ1v) is 2.76. The Labute approximate surface area is 65.0 Å². The van der Waals surface area contributed by atoms with Gasteiger partial charge in [-0.05, 0) is 0 Å². The third-order valence-electron chi connectivity index (χ3n) is 1.11. The number of hydrogen-bond acceptors (Lipinski definition) is 4. The molecule has 0 aromatic heterocycles. The first-order valence-electron chi connectivity index (χ1n) is 4.76. The van der Waals surface area contributed by atoms with E-state index in [1.54, 1.807) is 0 Å². The molecule has 0 aromatic rings. The normalized spacial score (nSPS) is 67.3. The standard InChI is InChI=1S/C6H12O4/c1-9-6-2-4(7)5(8)3-10-6/h4-8H,2-3H2,1H3/t4-,5+,6-/m0/s1/i2D2,4D,5D. The first-order chi connectivity index (χ1) is 6.17. The zero-order chi connectivity index (χ0) is 11.2. The maximum Gasteiger partial charge on any atom is 0.159 e. The highest BCUT2D eigenvalue weighted by molar-refractivity contribution is 4.72. The van der Waals surface area contributed by atoms with Crippen LogP contribution in [0.5, 0.6) is 0 Å². The Morgan fingerprint density at radius 2 is 2.40 bits per heavy atom. The van der Waals surface area contributed by atoms with E-state index in [4.69, 9.17) is 5.48 Å². The van der Waals surface area contributed by atoms with E-state index in [9.17, 15) is 10.2 Å². The predicted octanol–water partition coefficient (Wildman–Crippen LogP) is -0.899. The van der Waals surface area contributed by atoms with Gasteiger partial charge in [0, 0.05) is 16.2 Å². The Kier molecular flexibility index (Phi) is 1.32. The zero-order valence-corrected chi connectivity index (χ0v) is 5.50. The number of rotatable bonds is 1. The minimum absolute atomic E-state index is 0.689. The van der Waals surface area contributed by atoms with Crippen molar-refractivity contribution in [1.29, 1.82) is 0 Å². The van der Waals surface area contributed by atoms with E-state index < -0.39 is 31.4 Å². The van der Waals surface area contributed by atoms with Crippen molar-refractivity contribution in [3.05, 3.63) is 0 Å². The Hall–Kier alpha value is -0.160. The van der Waals surface area contributed by atoms with Crippen LogP contribution in [0.4, 0.5) is 0 Å². The lowest BCUT2D eigenvalue weighted by molar-refractivity contribution is -0.206. The van der Waals surface area contributed by atoms with Crippen LogP contribution in [0.2, 0.25) is 0 Å². The fourth-order valence-corrected chi connectivity index (χ4v) is 0.587.